The average molecular weight is 399 g/mol. The van der Waals surface area contributed by atoms with E-state index in [1.165, 1.54) is 24.3 Å². The molecule has 2 aromatic rings. The number of anilines is 1. The van der Waals surface area contributed by atoms with Gasteiger partial charge in [-0.1, -0.05) is 6.07 Å². The second-order valence-corrected chi connectivity index (χ2v) is 6.65. The quantitative estimate of drug-likeness (QED) is 0.483. The summed E-state index contributed by atoms with van der Waals surface area (Å²) in [6, 6.07) is 11.9. The minimum absolute atomic E-state index is 0.0663. The SMILES string of the molecule is O=C(NC[C@H](O)c1ccc([N+](=O)[O-])cc1)c1cccc(NC(=O)[C@H]2CCCO2)c1. The first kappa shape index (κ1) is 20.4. The van der Waals surface area contributed by atoms with Gasteiger partial charge in [-0.05, 0) is 48.7 Å². The van der Waals surface area contributed by atoms with E-state index in [2.05, 4.69) is 10.6 Å². The van der Waals surface area contributed by atoms with Crippen molar-refractivity contribution in [1.29, 1.82) is 0 Å². The molecule has 0 saturated carbocycles. The lowest BCUT2D eigenvalue weighted by Crippen LogP contribution is -2.29. The Morgan fingerprint density at radius 1 is 1.24 bits per heavy atom. The molecule has 0 aliphatic carbocycles. The van der Waals surface area contributed by atoms with E-state index in [4.69, 9.17) is 4.74 Å². The van der Waals surface area contributed by atoms with Crippen LogP contribution in [0.3, 0.4) is 0 Å². The zero-order valence-electron chi connectivity index (χ0n) is 15.5. The summed E-state index contributed by atoms with van der Waals surface area (Å²) in [5.41, 5.74) is 1.18. The summed E-state index contributed by atoms with van der Waals surface area (Å²) in [6.07, 6.45) is 0.0379. The second-order valence-electron chi connectivity index (χ2n) is 6.65. The maximum atomic E-state index is 12.4. The van der Waals surface area contributed by atoms with Gasteiger partial charge in [0, 0.05) is 36.5 Å². The van der Waals surface area contributed by atoms with Crippen LogP contribution in [0.25, 0.3) is 0 Å². The Kier molecular flexibility index (Phi) is 6.53. The predicted molar refractivity (Wildman–Crippen MR) is 104 cm³/mol. The molecule has 1 aliphatic rings. The zero-order chi connectivity index (χ0) is 20.8. The van der Waals surface area contributed by atoms with Crippen LogP contribution in [0.15, 0.2) is 48.5 Å². The topological polar surface area (TPSA) is 131 Å². The molecular weight excluding hydrogens is 378 g/mol. The Hall–Kier alpha value is -3.30. The lowest BCUT2D eigenvalue weighted by atomic mass is 10.1. The molecule has 2 amide bonds. The first-order chi connectivity index (χ1) is 13.9. The number of nitrogens with one attached hydrogen (secondary N) is 2. The van der Waals surface area contributed by atoms with Crippen molar-refractivity contribution in [3.05, 3.63) is 69.8 Å². The molecule has 152 valence electrons. The third-order valence-electron chi connectivity index (χ3n) is 4.56. The van der Waals surface area contributed by atoms with E-state index in [1.807, 2.05) is 0 Å². The molecule has 2 aromatic carbocycles. The van der Waals surface area contributed by atoms with E-state index in [9.17, 15) is 24.8 Å². The molecule has 9 nitrogen and oxygen atoms in total. The van der Waals surface area contributed by atoms with Gasteiger partial charge >= 0.3 is 0 Å². The number of aliphatic hydroxyl groups excluding tert-OH is 1. The lowest BCUT2D eigenvalue weighted by molar-refractivity contribution is -0.384. The Labute approximate surface area is 166 Å². The van der Waals surface area contributed by atoms with Gasteiger partial charge in [-0.2, -0.15) is 0 Å². The Bertz CT molecular complexity index is 893. The molecule has 0 radical (unpaired) electrons. The summed E-state index contributed by atoms with van der Waals surface area (Å²) in [4.78, 5) is 34.6. The van der Waals surface area contributed by atoms with Gasteiger partial charge in [0.15, 0.2) is 0 Å². The molecule has 9 heteroatoms. The molecule has 0 unspecified atom stereocenters. The van der Waals surface area contributed by atoms with E-state index in [0.717, 1.165) is 6.42 Å². The molecule has 1 fully saturated rings. The number of amides is 2. The monoisotopic (exact) mass is 399 g/mol. The number of hydrogen-bond donors (Lipinski definition) is 3. The molecule has 3 rings (SSSR count). The number of aliphatic hydroxyl groups is 1. The minimum atomic E-state index is -1.01. The van der Waals surface area contributed by atoms with Gasteiger partial charge in [0.1, 0.15) is 6.10 Å². The van der Waals surface area contributed by atoms with Gasteiger partial charge < -0.3 is 20.5 Å². The summed E-state index contributed by atoms with van der Waals surface area (Å²) in [6.45, 7) is 0.501. The van der Waals surface area contributed by atoms with Crippen molar-refractivity contribution in [3.63, 3.8) is 0 Å². The second kappa shape index (κ2) is 9.26. The number of non-ortho nitro benzene ring substituents is 1. The highest BCUT2D eigenvalue weighted by atomic mass is 16.6. The highest BCUT2D eigenvalue weighted by molar-refractivity contribution is 5.98. The Morgan fingerprint density at radius 3 is 2.66 bits per heavy atom. The van der Waals surface area contributed by atoms with Crippen molar-refractivity contribution in [1.82, 2.24) is 5.32 Å². The molecule has 1 aliphatic heterocycles. The average Bonchev–Trinajstić information content (AvgIpc) is 3.27. The maximum absolute atomic E-state index is 12.4. The number of nitro benzene ring substituents is 1. The fourth-order valence-corrected chi connectivity index (χ4v) is 2.97. The summed E-state index contributed by atoms with van der Waals surface area (Å²) in [7, 11) is 0. The number of nitrogens with zero attached hydrogens (tertiary/aromatic N) is 1. The van der Waals surface area contributed by atoms with Crippen molar-refractivity contribution >= 4 is 23.2 Å². The smallest absolute Gasteiger partial charge is 0.269 e. The summed E-state index contributed by atoms with van der Waals surface area (Å²) in [5.74, 6) is -0.659. The van der Waals surface area contributed by atoms with Gasteiger partial charge in [0.25, 0.3) is 17.5 Å². The van der Waals surface area contributed by atoms with Crippen LogP contribution in [0.2, 0.25) is 0 Å². The molecule has 29 heavy (non-hydrogen) atoms. The third-order valence-corrected chi connectivity index (χ3v) is 4.56. The normalized spacial score (nSPS) is 16.8. The molecular formula is C20H21N3O6. The molecule has 1 saturated heterocycles. The minimum Gasteiger partial charge on any atom is -0.387 e. The molecule has 2 atom stereocenters. The van der Waals surface area contributed by atoms with Gasteiger partial charge in [-0.25, -0.2) is 0 Å². The van der Waals surface area contributed by atoms with E-state index in [1.54, 1.807) is 24.3 Å². The van der Waals surface area contributed by atoms with Crippen LogP contribution in [-0.2, 0) is 9.53 Å². The lowest BCUT2D eigenvalue weighted by Gasteiger charge is -2.13. The summed E-state index contributed by atoms with van der Waals surface area (Å²) in [5, 5.41) is 26.2. The fourth-order valence-electron chi connectivity index (χ4n) is 2.97. The van der Waals surface area contributed by atoms with E-state index >= 15 is 0 Å². The third kappa shape index (κ3) is 5.37. The first-order valence-corrected chi connectivity index (χ1v) is 9.17. The van der Waals surface area contributed by atoms with Crippen LogP contribution in [0.4, 0.5) is 11.4 Å². The summed E-state index contributed by atoms with van der Waals surface area (Å²) >= 11 is 0. The van der Waals surface area contributed by atoms with Crippen LogP contribution >= 0.6 is 0 Å². The molecule has 0 spiro atoms. The summed E-state index contributed by atoms with van der Waals surface area (Å²) < 4.78 is 5.34. The van der Waals surface area contributed by atoms with Crippen LogP contribution in [0.5, 0.6) is 0 Å². The van der Waals surface area contributed by atoms with Crippen molar-refractivity contribution in [3.8, 4) is 0 Å². The number of ether oxygens (including phenoxy) is 1. The Balaban J connectivity index is 1.56. The van der Waals surface area contributed by atoms with Gasteiger partial charge in [-0.15, -0.1) is 0 Å². The van der Waals surface area contributed by atoms with Crippen LogP contribution in [0, 0.1) is 10.1 Å². The van der Waals surface area contributed by atoms with E-state index in [-0.39, 0.29) is 18.1 Å². The van der Waals surface area contributed by atoms with Gasteiger partial charge in [0.2, 0.25) is 0 Å². The predicted octanol–water partition coefficient (Wildman–Crippen LogP) is 2.18. The highest BCUT2D eigenvalue weighted by Crippen LogP contribution is 2.18. The number of rotatable bonds is 7. The Morgan fingerprint density at radius 2 is 2.00 bits per heavy atom. The highest BCUT2D eigenvalue weighted by Gasteiger charge is 2.23. The number of carbonyl (C=O) groups is 2. The number of hydrogen-bond acceptors (Lipinski definition) is 6. The maximum Gasteiger partial charge on any atom is 0.269 e. The number of benzene rings is 2. The fraction of sp³-hybridized carbons (Fsp3) is 0.300. The van der Waals surface area contributed by atoms with Crippen molar-refractivity contribution < 1.29 is 24.4 Å². The zero-order valence-corrected chi connectivity index (χ0v) is 15.5. The van der Waals surface area contributed by atoms with Gasteiger partial charge in [0.05, 0.1) is 11.0 Å². The van der Waals surface area contributed by atoms with E-state index < -0.39 is 23.0 Å². The molecule has 0 bridgehead atoms. The van der Waals surface area contributed by atoms with Crippen LogP contribution in [-0.4, -0.2) is 41.1 Å². The van der Waals surface area contributed by atoms with Crippen molar-refractivity contribution in [2.24, 2.45) is 0 Å². The largest absolute Gasteiger partial charge is 0.387 e. The van der Waals surface area contributed by atoms with Crippen LogP contribution < -0.4 is 10.6 Å². The van der Waals surface area contributed by atoms with Gasteiger partial charge in [-0.3, -0.25) is 19.7 Å². The molecule has 3 N–H and O–H groups in total. The molecule has 0 aromatic heterocycles. The van der Waals surface area contributed by atoms with E-state index in [0.29, 0.717) is 29.8 Å². The number of carbonyl (C=O) groups excluding carboxylic acids is 2. The number of nitro groups is 1. The van der Waals surface area contributed by atoms with Crippen molar-refractivity contribution in [2.75, 3.05) is 18.5 Å². The van der Waals surface area contributed by atoms with Crippen molar-refractivity contribution in [2.45, 2.75) is 25.0 Å². The molecule has 1 heterocycles. The first-order valence-electron chi connectivity index (χ1n) is 9.17. The van der Waals surface area contributed by atoms with Crippen LogP contribution in [0.1, 0.15) is 34.9 Å². The standard InChI is InChI=1S/C20H21N3O6/c24-17(13-6-8-16(9-7-13)23(27)28)12-21-19(25)14-3-1-4-15(11-14)22-20(26)18-5-2-10-29-18/h1,3-4,6-9,11,17-18,24H,2,5,10,12H2,(H,21,25)(H,22,26)/t17-,18+/m0/s1.